The molecule has 60 heavy (non-hydrogen) atoms. The molecule has 0 bridgehead atoms. The first kappa shape index (κ1) is 35.6. The highest BCUT2D eigenvalue weighted by atomic mass is 32.2. The van der Waals surface area contributed by atoms with Crippen molar-refractivity contribution in [2.45, 2.75) is 9.79 Å². The highest BCUT2D eigenvalue weighted by Gasteiger charge is 2.27. The van der Waals surface area contributed by atoms with Crippen LogP contribution in [0.2, 0.25) is 0 Å². The Bertz CT molecular complexity index is 3000. The van der Waals surface area contributed by atoms with Crippen LogP contribution in [0.1, 0.15) is 0 Å². The van der Waals surface area contributed by atoms with E-state index in [9.17, 15) is 0 Å². The number of benzene rings is 9. The Balaban J connectivity index is 1.05. The van der Waals surface area contributed by atoms with Crippen LogP contribution < -0.4 is 4.90 Å². The minimum Gasteiger partial charge on any atom is -0.309 e. The molecule has 0 unspecified atom stereocenters. The lowest BCUT2D eigenvalue weighted by Crippen LogP contribution is -2.12. The molecule has 2 heterocycles. The number of hydrogen-bond acceptors (Lipinski definition) is 5. The summed E-state index contributed by atoms with van der Waals surface area (Å²) in [6, 6.07) is 77.1. The highest BCUT2D eigenvalue weighted by molar-refractivity contribution is 8.00. The van der Waals surface area contributed by atoms with Gasteiger partial charge in [0, 0.05) is 43.2 Å². The zero-order valence-electron chi connectivity index (χ0n) is 32.5. The van der Waals surface area contributed by atoms with Crippen LogP contribution >= 0.6 is 11.8 Å². The van der Waals surface area contributed by atoms with Crippen molar-refractivity contribution < 1.29 is 0 Å². The molecule has 5 heteroatoms. The van der Waals surface area contributed by atoms with Gasteiger partial charge in [0.05, 0.1) is 5.69 Å². The summed E-state index contributed by atoms with van der Waals surface area (Å²) in [5, 5.41) is 2.32. The zero-order chi connectivity index (χ0) is 39.8. The molecule has 11 rings (SSSR count). The summed E-state index contributed by atoms with van der Waals surface area (Å²) < 4.78 is 0. The maximum Gasteiger partial charge on any atom is 0.164 e. The van der Waals surface area contributed by atoms with Crippen molar-refractivity contribution in [1.82, 2.24) is 15.0 Å². The summed E-state index contributed by atoms with van der Waals surface area (Å²) in [6.45, 7) is 0. The van der Waals surface area contributed by atoms with Crippen molar-refractivity contribution in [3.63, 3.8) is 0 Å². The third kappa shape index (κ3) is 6.51. The molecular weight excluding hydrogens is 749 g/mol. The quantitative estimate of drug-likeness (QED) is 0.153. The van der Waals surface area contributed by atoms with Crippen molar-refractivity contribution in [3.05, 3.63) is 218 Å². The lowest BCUT2D eigenvalue weighted by molar-refractivity contribution is 1.08. The molecule has 10 aromatic rings. The van der Waals surface area contributed by atoms with Crippen molar-refractivity contribution in [2.24, 2.45) is 0 Å². The van der Waals surface area contributed by atoms with Gasteiger partial charge in [-0.25, -0.2) is 15.0 Å². The van der Waals surface area contributed by atoms with Crippen LogP contribution in [0.3, 0.4) is 0 Å². The Morgan fingerprint density at radius 1 is 0.317 bits per heavy atom. The fourth-order valence-electron chi connectivity index (χ4n) is 8.23. The van der Waals surface area contributed by atoms with Crippen molar-refractivity contribution in [2.75, 3.05) is 4.90 Å². The average molecular weight is 785 g/mol. The second kappa shape index (κ2) is 15.3. The van der Waals surface area contributed by atoms with Crippen LogP contribution in [-0.2, 0) is 0 Å². The first-order valence-electron chi connectivity index (χ1n) is 20.1. The largest absolute Gasteiger partial charge is 0.309 e. The van der Waals surface area contributed by atoms with E-state index in [1.165, 1.54) is 48.6 Å². The summed E-state index contributed by atoms with van der Waals surface area (Å²) in [5.74, 6) is 1.95. The van der Waals surface area contributed by atoms with E-state index in [0.717, 1.165) is 39.1 Å². The molecule has 4 nitrogen and oxygen atoms in total. The number of anilines is 3. The number of fused-ring (bicyclic) bond motifs is 2. The summed E-state index contributed by atoms with van der Waals surface area (Å²) >= 11 is 1.83. The van der Waals surface area contributed by atoms with Crippen LogP contribution in [0.15, 0.2) is 228 Å². The number of nitrogens with zero attached hydrogens (tertiary/aromatic N) is 4. The molecule has 0 spiro atoms. The summed E-state index contributed by atoms with van der Waals surface area (Å²) in [6.07, 6.45) is 0. The summed E-state index contributed by atoms with van der Waals surface area (Å²) in [7, 11) is 0. The molecule has 1 aliphatic rings. The van der Waals surface area contributed by atoms with Crippen LogP contribution in [0, 0.1) is 0 Å². The van der Waals surface area contributed by atoms with E-state index < -0.39 is 0 Å². The number of rotatable bonds is 8. The van der Waals surface area contributed by atoms with Crippen LogP contribution in [0.25, 0.3) is 78.3 Å². The normalized spacial score (nSPS) is 11.6. The minimum atomic E-state index is 0.651. The third-order valence-corrected chi connectivity index (χ3v) is 12.3. The van der Waals surface area contributed by atoms with Crippen LogP contribution in [-0.4, -0.2) is 15.0 Å². The van der Waals surface area contributed by atoms with E-state index >= 15 is 0 Å². The highest BCUT2D eigenvalue weighted by Crippen LogP contribution is 2.54. The third-order valence-electron chi connectivity index (χ3n) is 11.1. The van der Waals surface area contributed by atoms with Crippen LogP contribution in [0.5, 0.6) is 0 Å². The molecule has 9 aromatic carbocycles. The van der Waals surface area contributed by atoms with Gasteiger partial charge in [0.15, 0.2) is 17.5 Å². The topological polar surface area (TPSA) is 41.9 Å². The van der Waals surface area contributed by atoms with E-state index in [0.29, 0.717) is 17.5 Å². The molecule has 1 aliphatic heterocycles. The van der Waals surface area contributed by atoms with E-state index in [4.69, 9.17) is 15.0 Å². The van der Waals surface area contributed by atoms with Gasteiger partial charge in [-0.2, -0.15) is 0 Å². The summed E-state index contributed by atoms with van der Waals surface area (Å²) in [4.78, 5) is 20.0. The fraction of sp³-hybridized carbons (Fsp3) is 0. The van der Waals surface area contributed by atoms with Gasteiger partial charge in [-0.15, -0.1) is 0 Å². The molecule has 0 radical (unpaired) electrons. The van der Waals surface area contributed by atoms with Gasteiger partial charge in [0.25, 0.3) is 0 Å². The zero-order valence-corrected chi connectivity index (χ0v) is 33.3. The molecular formula is C55H36N4S. The molecule has 0 amide bonds. The maximum absolute atomic E-state index is 5.12. The molecule has 0 saturated carbocycles. The molecule has 282 valence electrons. The van der Waals surface area contributed by atoms with Gasteiger partial charge in [-0.1, -0.05) is 188 Å². The minimum absolute atomic E-state index is 0.651. The Labute approximate surface area is 353 Å². The van der Waals surface area contributed by atoms with Gasteiger partial charge < -0.3 is 4.90 Å². The predicted octanol–water partition coefficient (Wildman–Crippen LogP) is 15.0. The molecule has 0 saturated heterocycles. The Morgan fingerprint density at radius 3 is 1.30 bits per heavy atom. The van der Waals surface area contributed by atoms with Crippen molar-refractivity contribution in [3.8, 4) is 67.5 Å². The first-order chi connectivity index (χ1) is 29.7. The Morgan fingerprint density at radius 2 is 0.767 bits per heavy atom. The van der Waals surface area contributed by atoms with Gasteiger partial charge in [0.2, 0.25) is 0 Å². The van der Waals surface area contributed by atoms with Gasteiger partial charge in [0.1, 0.15) is 0 Å². The second-order valence-corrected chi connectivity index (χ2v) is 15.8. The first-order valence-corrected chi connectivity index (χ1v) is 20.9. The lowest BCUT2D eigenvalue weighted by atomic mass is 9.94. The van der Waals surface area contributed by atoms with E-state index in [2.05, 4.69) is 187 Å². The standard InChI is InChI=1S/C55H36N4S/c1-5-15-37(16-6-1)39-27-31-43(32-28-39)59(44-33-29-40(30-34-44)38-17-7-2-8-18-38)49-26-14-25-47-45-23-13-24-46-48(35-36-50(51(45)46)60-52(47)49)55-57-53(41-19-9-3-10-20-41)56-54(58-55)42-21-11-4-12-22-42/h1-36H. The Kier molecular flexibility index (Phi) is 9.06. The van der Waals surface area contributed by atoms with Crippen molar-refractivity contribution >= 4 is 39.6 Å². The molecule has 0 fully saturated rings. The van der Waals surface area contributed by atoms with Gasteiger partial charge >= 0.3 is 0 Å². The smallest absolute Gasteiger partial charge is 0.164 e. The van der Waals surface area contributed by atoms with E-state index in [-0.39, 0.29) is 0 Å². The van der Waals surface area contributed by atoms with Crippen LogP contribution in [0.4, 0.5) is 17.1 Å². The van der Waals surface area contributed by atoms with E-state index in [1.807, 2.05) is 48.2 Å². The number of aromatic nitrogens is 3. The fourth-order valence-corrected chi connectivity index (χ4v) is 9.46. The van der Waals surface area contributed by atoms with Crippen molar-refractivity contribution in [1.29, 1.82) is 0 Å². The van der Waals surface area contributed by atoms with E-state index in [1.54, 1.807) is 0 Å². The average Bonchev–Trinajstić information content (AvgIpc) is 3.33. The molecule has 0 atom stereocenters. The van der Waals surface area contributed by atoms with Gasteiger partial charge in [-0.3, -0.25) is 0 Å². The second-order valence-electron chi connectivity index (χ2n) is 14.8. The molecule has 1 aromatic heterocycles. The Hall–Kier alpha value is -7.60. The maximum atomic E-state index is 5.12. The SMILES string of the molecule is c1ccc(-c2ccc(N(c3ccc(-c4ccccc4)cc3)c3cccc4c3Sc3ccc(-c5nc(-c6ccccc6)nc(-c6ccccc6)n5)c5cccc-4c35)cc2)cc1. The molecule has 0 N–H and O–H groups in total. The molecule has 0 aliphatic carbocycles. The number of hydrogen-bond donors (Lipinski definition) is 0. The predicted molar refractivity (Wildman–Crippen MR) is 249 cm³/mol. The monoisotopic (exact) mass is 784 g/mol. The summed E-state index contributed by atoms with van der Waals surface area (Å²) in [5.41, 5.74) is 13.3. The van der Waals surface area contributed by atoms with Gasteiger partial charge in [-0.05, 0) is 81.2 Å². The lowest BCUT2D eigenvalue weighted by Gasteiger charge is -2.31.